The van der Waals surface area contributed by atoms with Crippen LogP contribution in [0.25, 0.3) is 0 Å². The number of nitrogen functional groups attached to an aromatic ring is 1. The predicted molar refractivity (Wildman–Crippen MR) is 75.1 cm³/mol. The molecule has 1 aromatic rings. The maximum absolute atomic E-state index is 12.7. The third kappa shape index (κ3) is 2.25. The molecule has 5 heteroatoms. The lowest BCUT2D eigenvalue weighted by Gasteiger charge is -2.31. The van der Waals surface area contributed by atoms with Gasteiger partial charge in [0.1, 0.15) is 0 Å². The third-order valence-electron chi connectivity index (χ3n) is 4.42. The van der Waals surface area contributed by atoms with Crippen molar-refractivity contribution in [1.29, 1.82) is 0 Å². The second-order valence-electron chi connectivity index (χ2n) is 5.59. The topological polar surface area (TPSA) is 63.4 Å². The molecule has 2 fully saturated rings. The van der Waals surface area contributed by atoms with E-state index in [0.29, 0.717) is 23.0 Å². The summed E-state index contributed by atoms with van der Waals surface area (Å²) in [5, 5.41) is 0. The molecule has 0 aromatic heterocycles. The Morgan fingerprint density at radius 2 is 1.95 bits per heavy atom. The molecule has 104 valence electrons. The number of anilines is 1. The predicted octanol–water partition coefficient (Wildman–Crippen LogP) is 2.22. The van der Waals surface area contributed by atoms with Crippen molar-refractivity contribution in [3.05, 3.63) is 24.3 Å². The smallest absolute Gasteiger partial charge is 0.243 e. The van der Waals surface area contributed by atoms with Crippen LogP contribution in [0.1, 0.15) is 32.1 Å². The first-order valence-corrected chi connectivity index (χ1v) is 8.40. The van der Waals surface area contributed by atoms with Gasteiger partial charge in [-0.15, -0.1) is 0 Å². The van der Waals surface area contributed by atoms with Crippen LogP contribution in [0.15, 0.2) is 29.2 Å². The van der Waals surface area contributed by atoms with Gasteiger partial charge >= 0.3 is 0 Å². The quantitative estimate of drug-likeness (QED) is 0.845. The van der Waals surface area contributed by atoms with Gasteiger partial charge in [-0.1, -0.05) is 18.9 Å². The van der Waals surface area contributed by atoms with Gasteiger partial charge in [0.25, 0.3) is 0 Å². The molecule has 1 heterocycles. The van der Waals surface area contributed by atoms with Gasteiger partial charge in [0.05, 0.1) is 4.90 Å². The SMILES string of the molecule is Nc1cccc(S(=O)(=O)N2CCC3CCCCC32)c1. The van der Waals surface area contributed by atoms with Crippen molar-refractivity contribution in [2.24, 2.45) is 5.92 Å². The highest BCUT2D eigenvalue weighted by atomic mass is 32.2. The molecule has 3 rings (SSSR count). The van der Waals surface area contributed by atoms with E-state index in [9.17, 15) is 8.42 Å². The molecular formula is C14H20N2O2S. The van der Waals surface area contributed by atoms with E-state index in [1.54, 1.807) is 28.6 Å². The molecule has 0 amide bonds. The van der Waals surface area contributed by atoms with Crippen LogP contribution in [0.2, 0.25) is 0 Å². The molecule has 2 N–H and O–H groups in total. The fourth-order valence-corrected chi connectivity index (χ4v) is 5.26. The lowest BCUT2D eigenvalue weighted by molar-refractivity contribution is 0.260. The molecule has 1 aliphatic carbocycles. The minimum absolute atomic E-state index is 0.209. The maximum Gasteiger partial charge on any atom is 0.243 e. The summed E-state index contributed by atoms with van der Waals surface area (Å²) < 4.78 is 27.1. The monoisotopic (exact) mass is 280 g/mol. The van der Waals surface area contributed by atoms with Gasteiger partial charge in [-0.3, -0.25) is 0 Å². The Morgan fingerprint density at radius 1 is 1.16 bits per heavy atom. The molecular weight excluding hydrogens is 260 g/mol. The summed E-state index contributed by atoms with van der Waals surface area (Å²) in [6.07, 6.45) is 5.57. The van der Waals surface area contributed by atoms with E-state index >= 15 is 0 Å². The zero-order chi connectivity index (χ0) is 13.5. The lowest BCUT2D eigenvalue weighted by Crippen LogP contribution is -2.39. The second-order valence-corrected chi connectivity index (χ2v) is 7.48. The van der Waals surface area contributed by atoms with Gasteiger partial charge in [-0.2, -0.15) is 4.31 Å². The summed E-state index contributed by atoms with van der Waals surface area (Å²) in [6.45, 7) is 0.659. The Balaban J connectivity index is 1.92. The number of benzene rings is 1. The molecule has 1 aliphatic heterocycles. The zero-order valence-corrected chi connectivity index (χ0v) is 11.8. The number of sulfonamides is 1. The van der Waals surface area contributed by atoms with Crippen molar-refractivity contribution in [1.82, 2.24) is 4.31 Å². The molecule has 0 spiro atoms. The first-order chi connectivity index (χ1) is 9.09. The van der Waals surface area contributed by atoms with Gasteiger partial charge in [-0.25, -0.2) is 8.42 Å². The van der Waals surface area contributed by atoms with Crippen LogP contribution in [-0.2, 0) is 10.0 Å². The number of nitrogens with zero attached hydrogens (tertiary/aromatic N) is 1. The summed E-state index contributed by atoms with van der Waals surface area (Å²) >= 11 is 0. The van der Waals surface area contributed by atoms with E-state index in [2.05, 4.69) is 0 Å². The molecule has 2 aliphatic rings. The Kier molecular flexibility index (Phi) is 3.27. The highest BCUT2D eigenvalue weighted by molar-refractivity contribution is 7.89. The molecule has 19 heavy (non-hydrogen) atoms. The fourth-order valence-electron chi connectivity index (χ4n) is 3.47. The number of hydrogen-bond acceptors (Lipinski definition) is 3. The maximum atomic E-state index is 12.7. The lowest BCUT2D eigenvalue weighted by atomic mass is 9.86. The molecule has 2 unspecified atom stereocenters. The van der Waals surface area contributed by atoms with Crippen molar-refractivity contribution < 1.29 is 8.42 Å². The average Bonchev–Trinajstić information content (AvgIpc) is 2.83. The van der Waals surface area contributed by atoms with E-state index in [0.717, 1.165) is 19.3 Å². The largest absolute Gasteiger partial charge is 0.399 e. The first kappa shape index (κ1) is 12.9. The zero-order valence-electron chi connectivity index (χ0n) is 11.0. The Hall–Kier alpha value is -1.07. The standard InChI is InChI=1S/C14H20N2O2S/c15-12-5-3-6-13(10-12)19(17,18)16-9-8-11-4-1-2-7-14(11)16/h3,5-6,10-11,14H,1-2,4,7-9,15H2. The number of nitrogens with two attached hydrogens (primary N) is 1. The minimum atomic E-state index is -3.38. The van der Waals surface area contributed by atoms with Crippen molar-refractivity contribution in [3.8, 4) is 0 Å². The molecule has 1 saturated heterocycles. The highest BCUT2D eigenvalue weighted by Gasteiger charge is 2.42. The first-order valence-electron chi connectivity index (χ1n) is 6.96. The van der Waals surface area contributed by atoms with E-state index in [1.807, 2.05) is 0 Å². The van der Waals surface area contributed by atoms with E-state index in [-0.39, 0.29) is 6.04 Å². The van der Waals surface area contributed by atoms with Crippen molar-refractivity contribution >= 4 is 15.7 Å². The highest BCUT2D eigenvalue weighted by Crippen LogP contribution is 2.39. The number of fused-ring (bicyclic) bond motifs is 1. The van der Waals surface area contributed by atoms with Gasteiger partial charge in [0, 0.05) is 18.3 Å². The van der Waals surface area contributed by atoms with Gasteiger partial charge in [0.2, 0.25) is 10.0 Å². The summed E-state index contributed by atoms with van der Waals surface area (Å²) in [7, 11) is -3.38. The Labute approximate surface area is 114 Å². The van der Waals surface area contributed by atoms with Crippen LogP contribution in [0.5, 0.6) is 0 Å². The molecule has 1 aromatic carbocycles. The molecule has 2 atom stereocenters. The van der Waals surface area contributed by atoms with Gasteiger partial charge in [0.15, 0.2) is 0 Å². The average molecular weight is 280 g/mol. The van der Waals surface area contributed by atoms with Crippen LogP contribution in [0.4, 0.5) is 5.69 Å². The minimum Gasteiger partial charge on any atom is -0.399 e. The summed E-state index contributed by atoms with van der Waals surface area (Å²) in [4.78, 5) is 0.332. The molecule has 0 radical (unpaired) electrons. The Bertz CT molecular complexity index is 571. The van der Waals surface area contributed by atoms with Gasteiger partial charge < -0.3 is 5.73 Å². The summed E-state index contributed by atoms with van der Waals surface area (Å²) in [5.74, 6) is 0.560. The van der Waals surface area contributed by atoms with Crippen LogP contribution < -0.4 is 5.73 Å². The van der Waals surface area contributed by atoms with Crippen LogP contribution >= 0.6 is 0 Å². The van der Waals surface area contributed by atoms with Crippen molar-refractivity contribution in [3.63, 3.8) is 0 Å². The summed E-state index contributed by atoms with van der Waals surface area (Å²) in [6, 6.07) is 6.83. The van der Waals surface area contributed by atoms with E-state index in [4.69, 9.17) is 5.73 Å². The normalized spacial score (nSPS) is 28.2. The third-order valence-corrected chi connectivity index (χ3v) is 6.34. The number of rotatable bonds is 2. The van der Waals surface area contributed by atoms with E-state index in [1.165, 1.54) is 12.8 Å². The molecule has 4 nitrogen and oxygen atoms in total. The summed E-state index contributed by atoms with van der Waals surface area (Å²) in [5.41, 5.74) is 6.20. The molecule has 1 saturated carbocycles. The van der Waals surface area contributed by atoms with Gasteiger partial charge in [-0.05, 0) is 43.4 Å². The molecule has 0 bridgehead atoms. The van der Waals surface area contributed by atoms with Crippen LogP contribution in [0, 0.1) is 5.92 Å². The fraction of sp³-hybridized carbons (Fsp3) is 0.571. The Morgan fingerprint density at radius 3 is 2.74 bits per heavy atom. The van der Waals surface area contributed by atoms with Crippen molar-refractivity contribution in [2.75, 3.05) is 12.3 Å². The van der Waals surface area contributed by atoms with E-state index < -0.39 is 10.0 Å². The van der Waals surface area contributed by atoms with Crippen LogP contribution in [-0.4, -0.2) is 25.3 Å². The van der Waals surface area contributed by atoms with Crippen LogP contribution in [0.3, 0.4) is 0 Å². The van der Waals surface area contributed by atoms with Crippen molar-refractivity contribution in [2.45, 2.75) is 43.0 Å². The number of hydrogen-bond donors (Lipinski definition) is 1. The second kappa shape index (κ2) is 4.80.